The van der Waals surface area contributed by atoms with Gasteiger partial charge in [0.25, 0.3) is 0 Å². The van der Waals surface area contributed by atoms with E-state index in [0.717, 1.165) is 56.7 Å². The Hall–Kier alpha value is -2.48. The third-order valence-corrected chi connectivity index (χ3v) is 7.29. The van der Waals surface area contributed by atoms with Crippen LogP contribution in [0.3, 0.4) is 0 Å². The van der Waals surface area contributed by atoms with Crippen LogP contribution in [0.4, 0.5) is 15.8 Å². The molecule has 8 heteroatoms. The van der Waals surface area contributed by atoms with Crippen molar-refractivity contribution in [1.29, 1.82) is 5.41 Å². The number of alkyl halides is 1. The van der Waals surface area contributed by atoms with E-state index in [1.165, 1.54) is 0 Å². The van der Waals surface area contributed by atoms with E-state index in [0.29, 0.717) is 24.4 Å². The van der Waals surface area contributed by atoms with Gasteiger partial charge in [0.2, 0.25) is 11.8 Å². The number of hydrogen-bond donors (Lipinski definition) is 4. The zero-order valence-corrected chi connectivity index (χ0v) is 18.8. The summed E-state index contributed by atoms with van der Waals surface area (Å²) in [5.41, 5.74) is 2.51. The maximum Gasteiger partial charge on any atom is 0.235 e. The van der Waals surface area contributed by atoms with E-state index < -0.39 is 18.0 Å². The van der Waals surface area contributed by atoms with Crippen molar-refractivity contribution < 1.29 is 14.0 Å². The Balaban J connectivity index is 1.42. The van der Waals surface area contributed by atoms with Gasteiger partial charge in [0, 0.05) is 43.5 Å². The Kier molecular flexibility index (Phi) is 7.08. The third kappa shape index (κ3) is 4.95. The van der Waals surface area contributed by atoms with Crippen LogP contribution in [0.2, 0.25) is 0 Å². The molecule has 1 aromatic carbocycles. The molecule has 7 nitrogen and oxygen atoms in total. The summed E-state index contributed by atoms with van der Waals surface area (Å²) >= 11 is 0. The molecule has 3 heterocycles. The summed E-state index contributed by atoms with van der Waals surface area (Å²) in [7, 11) is 1.78. The van der Waals surface area contributed by atoms with E-state index in [-0.39, 0.29) is 24.0 Å². The van der Waals surface area contributed by atoms with Gasteiger partial charge in [0.05, 0.1) is 11.6 Å². The van der Waals surface area contributed by atoms with Crippen LogP contribution in [0, 0.1) is 23.2 Å². The number of nitrogens with zero attached hydrogens (tertiary/aromatic N) is 1. The molecule has 3 saturated heterocycles. The minimum absolute atomic E-state index is 0.137. The van der Waals surface area contributed by atoms with E-state index in [9.17, 15) is 9.59 Å². The van der Waals surface area contributed by atoms with Crippen LogP contribution in [-0.4, -0.2) is 56.9 Å². The fourth-order valence-corrected chi connectivity index (χ4v) is 5.33. The molecular weight excluding hydrogens is 409 g/mol. The van der Waals surface area contributed by atoms with Crippen molar-refractivity contribution in [3.63, 3.8) is 0 Å². The van der Waals surface area contributed by atoms with Crippen molar-refractivity contribution in [3.05, 3.63) is 23.8 Å². The smallest absolute Gasteiger partial charge is 0.235 e. The highest BCUT2D eigenvalue weighted by Gasteiger charge is 2.33. The number of benzene rings is 1. The van der Waals surface area contributed by atoms with Gasteiger partial charge < -0.3 is 20.9 Å². The first-order valence-corrected chi connectivity index (χ1v) is 11.8. The first kappa shape index (κ1) is 22.7. The molecule has 3 atom stereocenters. The minimum Gasteiger partial charge on any atom is -0.388 e. The number of hydrogen-bond acceptors (Lipinski definition) is 6. The summed E-state index contributed by atoms with van der Waals surface area (Å²) < 4.78 is 15.1. The van der Waals surface area contributed by atoms with Gasteiger partial charge in [-0.3, -0.25) is 14.9 Å². The topological polar surface area (TPSA) is 97.3 Å². The number of piperidine rings is 3. The number of imide groups is 1. The number of rotatable bonds is 6. The first-order chi connectivity index (χ1) is 15.5. The average molecular weight is 444 g/mol. The molecule has 0 saturated carbocycles. The Morgan fingerprint density at radius 1 is 1.22 bits per heavy atom. The fourth-order valence-electron chi connectivity index (χ4n) is 5.33. The summed E-state index contributed by atoms with van der Waals surface area (Å²) in [4.78, 5) is 25.7. The molecule has 32 heavy (non-hydrogen) atoms. The van der Waals surface area contributed by atoms with Gasteiger partial charge in [-0.05, 0) is 75.2 Å². The van der Waals surface area contributed by atoms with E-state index in [1.54, 1.807) is 7.05 Å². The molecule has 4 rings (SSSR count). The Morgan fingerprint density at radius 2 is 2.00 bits per heavy atom. The standard InChI is InChI=1S/C24H34FN5O2/c1-27-21-13-17(2-3-18(21)23(26)19-4-5-22(31)29-24(19)32)30-11-8-16(20(25)14-30)12-15-6-9-28-10-7-15/h2-3,13,15-16,19-20,26-28H,4-12,14H2,1H3,(H,29,31,32)/t16-,19?,20?/m0/s1. The van der Waals surface area contributed by atoms with Crippen LogP contribution >= 0.6 is 0 Å². The van der Waals surface area contributed by atoms with Gasteiger partial charge in [-0.1, -0.05) is 0 Å². The molecule has 0 aromatic heterocycles. The van der Waals surface area contributed by atoms with Crippen molar-refractivity contribution in [1.82, 2.24) is 10.6 Å². The predicted molar refractivity (Wildman–Crippen MR) is 124 cm³/mol. The van der Waals surface area contributed by atoms with Crippen LogP contribution in [0.25, 0.3) is 0 Å². The van der Waals surface area contributed by atoms with Gasteiger partial charge in [-0.25, -0.2) is 4.39 Å². The SMILES string of the molecule is CNc1cc(N2CC[C@@H](CC3CCNCC3)C(F)C2)ccc1C(=N)C1CCC(=O)NC1=O. The first-order valence-electron chi connectivity index (χ1n) is 11.8. The second-order valence-corrected chi connectivity index (χ2v) is 9.34. The molecule has 3 aliphatic heterocycles. The van der Waals surface area contributed by atoms with Gasteiger partial charge in [-0.15, -0.1) is 0 Å². The molecule has 0 radical (unpaired) electrons. The molecule has 2 unspecified atom stereocenters. The predicted octanol–water partition coefficient (Wildman–Crippen LogP) is 2.70. The van der Waals surface area contributed by atoms with E-state index >= 15 is 4.39 Å². The van der Waals surface area contributed by atoms with E-state index in [4.69, 9.17) is 5.41 Å². The van der Waals surface area contributed by atoms with Crippen molar-refractivity contribution in [2.45, 2.75) is 44.7 Å². The van der Waals surface area contributed by atoms with Crippen molar-refractivity contribution >= 4 is 28.9 Å². The van der Waals surface area contributed by atoms with Gasteiger partial charge in [0.1, 0.15) is 6.17 Å². The molecule has 0 spiro atoms. The second-order valence-electron chi connectivity index (χ2n) is 9.34. The van der Waals surface area contributed by atoms with Gasteiger partial charge in [-0.2, -0.15) is 0 Å². The number of carbonyl (C=O) groups excluding carboxylic acids is 2. The number of amides is 2. The lowest BCUT2D eigenvalue weighted by atomic mass is 9.82. The van der Waals surface area contributed by atoms with Gasteiger partial charge >= 0.3 is 0 Å². The maximum absolute atomic E-state index is 15.1. The summed E-state index contributed by atoms with van der Waals surface area (Å²) in [6, 6.07) is 5.69. The highest BCUT2D eigenvalue weighted by Crippen LogP contribution is 2.34. The molecule has 1 aromatic rings. The van der Waals surface area contributed by atoms with Crippen LogP contribution in [0.1, 0.15) is 44.1 Å². The molecule has 174 valence electrons. The molecule has 0 aliphatic carbocycles. The number of nitrogens with one attached hydrogen (secondary N) is 4. The van der Waals surface area contributed by atoms with Crippen molar-refractivity contribution in [2.75, 3.05) is 43.4 Å². The van der Waals surface area contributed by atoms with Crippen molar-refractivity contribution in [2.24, 2.45) is 17.8 Å². The lowest BCUT2D eigenvalue weighted by molar-refractivity contribution is -0.134. The van der Waals surface area contributed by atoms with Crippen LogP contribution < -0.4 is 20.9 Å². The van der Waals surface area contributed by atoms with Crippen LogP contribution in [0.5, 0.6) is 0 Å². The van der Waals surface area contributed by atoms with Crippen LogP contribution in [0.15, 0.2) is 18.2 Å². The van der Waals surface area contributed by atoms with Crippen molar-refractivity contribution in [3.8, 4) is 0 Å². The molecule has 3 fully saturated rings. The summed E-state index contributed by atoms with van der Waals surface area (Å²) in [5, 5.41) is 17.4. The lowest BCUT2D eigenvalue weighted by Crippen LogP contribution is -2.44. The molecule has 0 bridgehead atoms. The summed E-state index contributed by atoms with van der Waals surface area (Å²) in [6.07, 6.45) is 3.91. The number of halogens is 1. The Labute approximate surface area is 189 Å². The van der Waals surface area contributed by atoms with Gasteiger partial charge in [0.15, 0.2) is 0 Å². The molecule has 3 aliphatic rings. The van der Waals surface area contributed by atoms with Crippen LogP contribution in [-0.2, 0) is 9.59 Å². The second kappa shape index (κ2) is 9.98. The van der Waals surface area contributed by atoms with E-state index in [1.807, 2.05) is 18.2 Å². The number of anilines is 2. The zero-order valence-electron chi connectivity index (χ0n) is 18.8. The third-order valence-electron chi connectivity index (χ3n) is 7.29. The largest absolute Gasteiger partial charge is 0.388 e. The zero-order chi connectivity index (χ0) is 22.7. The summed E-state index contributed by atoms with van der Waals surface area (Å²) in [6.45, 7) is 3.31. The quantitative estimate of drug-likeness (QED) is 0.400. The lowest BCUT2D eigenvalue weighted by Gasteiger charge is -2.38. The highest BCUT2D eigenvalue weighted by atomic mass is 19.1. The molecule has 2 amide bonds. The van der Waals surface area contributed by atoms with E-state index in [2.05, 4.69) is 20.9 Å². The monoisotopic (exact) mass is 443 g/mol. The summed E-state index contributed by atoms with van der Waals surface area (Å²) in [5.74, 6) is -0.551. The average Bonchev–Trinajstić information content (AvgIpc) is 2.80. The maximum atomic E-state index is 15.1. The fraction of sp³-hybridized carbons (Fsp3) is 0.625. The Morgan fingerprint density at radius 3 is 2.69 bits per heavy atom. The highest BCUT2D eigenvalue weighted by molar-refractivity contribution is 6.17. The Bertz CT molecular complexity index is 870. The minimum atomic E-state index is -0.835. The molecule has 4 N–H and O–H groups in total. The molecular formula is C24H34FN5O2. The number of carbonyl (C=O) groups is 2. The normalized spacial score (nSPS) is 27.2.